The standard InChI is InChI=1S/C14H26N2/c1-11-9-16(13-7-8-13)10-14(11)15-12-5-3-2-4-6-12/h11-15H,2-10H2,1H3. The molecule has 2 aliphatic carbocycles. The lowest BCUT2D eigenvalue weighted by Gasteiger charge is -2.28. The predicted octanol–water partition coefficient (Wildman–Crippen LogP) is 2.39. The van der Waals surface area contributed by atoms with Gasteiger partial charge in [-0.05, 0) is 31.6 Å². The first kappa shape index (κ1) is 11.0. The number of rotatable bonds is 3. The van der Waals surface area contributed by atoms with Crippen LogP contribution >= 0.6 is 0 Å². The molecule has 2 heteroatoms. The Morgan fingerprint density at radius 3 is 2.38 bits per heavy atom. The summed E-state index contributed by atoms with van der Waals surface area (Å²) < 4.78 is 0. The van der Waals surface area contributed by atoms with E-state index < -0.39 is 0 Å². The van der Waals surface area contributed by atoms with Crippen LogP contribution < -0.4 is 5.32 Å². The summed E-state index contributed by atoms with van der Waals surface area (Å²) >= 11 is 0. The molecule has 0 aromatic heterocycles. The van der Waals surface area contributed by atoms with Gasteiger partial charge in [-0.15, -0.1) is 0 Å². The van der Waals surface area contributed by atoms with Crippen molar-refractivity contribution in [1.82, 2.24) is 10.2 Å². The van der Waals surface area contributed by atoms with E-state index in [4.69, 9.17) is 0 Å². The number of hydrogen-bond acceptors (Lipinski definition) is 2. The van der Waals surface area contributed by atoms with E-state index in [2.05, 4.69) is 17.1 Å². The maximum atomic E-state index is 3.94. The average Bonchev–Trinajstić information content (AvgIpc) is 3.07. The smallest absolute Gasteiger partial charge is 0.0235 e. The third-order valence-corrected chi connectivity index (χ3v) is 4.76. The van der Waals surface area contributed by atoms with Gasteiger partial charge in [-0.2, -0.15) is 0 Å². The van der Waals surface area contributed by atoms with Crippen molar-refractivity contribution in [2.24, 2.45) is 5.92 Å². The maximum Gasteiger partial charge on any atom is 0.0235 e. The van der Waals surface area contributed by atoms with Crippen molar-refractivity contribution >= 4 is 0 Å². The first-order chi connectivity index (χ1) is 7.83. The molecule has 0 amide bonds. The summed E-state index contributed by atoms with van der Waals surface area (Å²) in [4.78, 5) is 2.73. The van der Waals surface area contributed by atoms with Gasteiger partial charge >= 0.3 is 0 Å². The van der Waals surface area contributed by atoms with E-state index in [0.29, 0.717) is 0 Å². The highest BCUT2D eigenvalue weighted by Crippen LogP contribution is 2.32. The highest BCUT2D eigenvalue weighted by Gasteiger charge is 2.38. The molecule has 3 rings (SSSR count). The van der Waals surface area contributed by atoms with Crippen molar-refractivity contribution in [2.75, 3.05) is 13.1 Å². The Morgan fingerprint density at radius 1 is 0.938 bits per heavy atom. The minimum atomic E-state index is 0.781. The van der Waals surface area contributed by atoms with Crippen LogP contribution in [0.3, 0.4) is 0 Å². The van der Waals surface area contributed by atoms with E-state index in [1.54, 1.807) is 0 Å². The fraction of sp³-hybridized carbons (Fsp3) is 1.00. The number of likely N-dealkylation sites (tertiary alicyclic amines) is 1. The molecule has 2 unspecified atom stereocenters. The molecule has 0 aromatic carbocycles. The lowest BCUT2D eigenvalue weighted by atomic mass is 9.94. The molecule has 1 heterocycles. The van der Waals surface area contributed by atoms with Crippen LogP contribution in [0, 0.1) is 5.92 Å². The first-order valence-corrected chi connectivity index (χ1v) is 7.33. The third-order valence-electron chi connectivity index (χ3n) is 4.76. The molecular formula is C14H26N2. The van der Waals surface area contributed by atoms with E-state index in [9.17, 15) is 0 Å². The lowest BCUT2D eigenvalue weighted by Crippen LogP contribution is -2.43. The second-order valence-electron chi connectivity index (χ2n) is 6.27. The second-order valence-corrected chi connectivity index (χ2v) is 6.27. The second kappa shape index (κ2) is 4.66. The molecule has 1 aliphatic heterocycles. The van der Waals surface area contributed by atoms with E-state index in [0.717, 1.165) is 24.0 Å². The molecule has 0 radical (unpaired) electrons. The van der Waals surface area contributed by atoms with Gasteiger partial charge in [0.05, 0.1) is 0 Å². The van der Waals surface area contributed by atoms with Crippen molar-refractivity contribution in [1.29, 1.82) is 0 Å². The molecule has 2 atom stereocenters. The van der Waals surface area contributed by atoms with E-state index in [-0.39, 0.29) is 0 Å². The fourth-order valence-corrected chi connectivity index (χ4v) is 3.53. The van der Waals surface area contributed by atoms with Crippen LogP contribution in [0.2, 0.25) is 0 Å². The largest absolute Gasteiger partial charge is 0.310 e. The molecule has 3 fully saturated rings. The first-order valence-electron chi connectivity index (χ1n) is 7.33. The quantitative estimate of drug-likeness (QED) is 0.789. The maximum absolute atomic E-state index is 3.94. The van der Waals surface area contributed by atoms with Gasteiger partial charge in [0, 0.05) is 31.2 Å². The number of hydrogen-bond donors (Lipinski definition) is 1. The summed E-state index contributed by atoms with van der Waals surface area (Å²) in [5, 5.41) is 3.94. The van der Waals surface area contributed by atoms with Gasteiger partial charge < -0.3 is 5.32 Å². The average molecular weight is 222 g/mol. The minimum Gasteiger partial charge on any atom is -0.310 e. The molecule has 2 saturated carbocycles. The molecule has 0 aromatic rings. The summed E-state index contributed by atoms with van der Waals surface area (Å²) in [6.07, 6.45) is 10.1. The van der Waals surface area contributed by atoms with E-state index in [1.807, 2.05) is 0 Å². The zero-order valence-electron chi connectivity index (χ0n) is 10.6. The zero-order valence-corrected chi connectivity index (χ0v) is 10.6. The Morgan fingerprint density at radius 2 is 1.69 bits per heavy atom. The molecular weight excluding hydrogens is 196 g/mol. The Hall–Kier alpha value is -0.0800. The molecule has 1 N–H and O–H groups in total. The number of nitrogens with zero attached hydrogens (tertiary/aromatic N) is 1. The minimum absolute atomic E-state index is 0.781. The van der Waals surface area contributed by atoms with Crippen LogP contribution in [0.15, 0.2) is 0 Å². The van der Waals surface area contributed by atoms with Crippen LogP contribution in [0.1, 0.15) is 51.9 Å². The number of nitrogens with one attached hydrogen (secondary N) is 1. The molecule has 16 heavy (non-hydrogen) atoms. The summed E-state index contributed by atoms with van der Waals surface area (Å²) in [5.41, 5.74) is 0. The van der Waals surface area contributed by atoms with Crippen LogP contribution in [0.4, 0.5) is 0 Å². The van der Waals surface area contributed by atoms with Crippen molar-refractivity contribution in [2.45, 2.75) is 70.0 Å². The Labute approximate surface area is 99.8 Å². The van der Waals surface area contributed by atoms with Gasteiger partial charge in [0.1, 0.15) is 0 Å². The summed E-state index contributed by atoms with van der Waals surface area (Å²) in [6, 6.07) is 2.57. The summed E-state index contributed by atoms with van der Waals surface area (Å²) in [5.74, 6) is 0.863. The normalized spacial score (nSPS) is 38.1. The van der Waals surface area contributed by atoms with Crippen LogP contribution in [0.25, 0.3) is 0 Å². The monoisotopic (exact) mass is 222 g/mol. The van der Waals surface area contributed by atoms with Gasteiger partial charge in [-0.25, -0.2) is 0 Å². The molecule has 3 aliphatic rings. The fourth-order valence-electron chi connectivity index (χ4n) is 3.53. The van der Waals surface area contributed by atoms with Gasteiger partial charge in [-0.1, -0.05) is 26.2 Å². The van der Waals surface area contributed by atoms with Crippen LogP contribution in [-0.2, 0) is 0 Å². The Kier molecular flexibility index (Phi) is 3.21. The van der Waals surface area contributed by atoms with Gasteiger partial charge in [0.2, 0.25) is 0 Å². The topological polar surface area (TPSA) is 15.3 Å². The van der Waals surface area contributed by atoms with Gasteiger partial charge in [-0.3, -0.25) is 4.90 Å². The van der Waals surface area contributed by atoms with Crippen LogP contribution in [0.5, 0.6) is 0 Å². The van der Waals surface area contributed by atoms with Crippen molar-refractivity contribution in [3.05, 3.63) is 0 Å². The highest BCUT2D eigenvalue weighted by atomic mass is 15.2. The zero-order chi connectivity index (χ0) is 11.0. The van der Waals surface area contributed by atoms with E-state index in [1.165, 1.54) is 58.0 Å². The molecule has 0 spiro atoms. The summed E-state index contributed by atoms with van der Waals surface area (Å²) in [6.45, 7) is 5.10. The third kappa shape index (κ3) is 2.43. The SMILES string of the molecule is CC1CN(C2CC2)CC1NC1CCCCC1. The Balaban J connectivity index is 1.50. The van der Waals surface area contributed by atoms with Crippen molar-refractivity contribution in [3.63, 3.8) is 0 Å². The molecule has 92 valence electrons. The van der Waals surface area contributed by atoms with E-state index >= 15 is 0 Å². The van der Waals surface area contributed by atoms with Crippen LogP contribution in [-0.4, -0.2) is 36.1 Å². The lowest BCUT2D eigenvalue weighted by molar-refractivity contribution is 0.296. The van der Waals surface area contributed by atoms with Crippen molar-refractivity contribution < 1.29 is 0 Å². The van der Waals surface area contributed by atoms with Gasteiger partial charge in [0.15, 0.2) is 0 Å². The Bertz CT molecular complexity index is 231. The van der Waals surface area contributed by atoms with Crippen molar-refractivity contribution in [3.8, 4) is 0 Å². The summed E-state index contributed by atoms with van der Waals surface area (Å²) in [7, 11) is 0. The molecule has 1 saturated heterocycles. The molecule has 0 bridgehead atoms. The highest BCUT2D eigenvalue weighted by molar-refractivity contribution is 4.96. The molecule has 2 nitrogen and oxygen atoms in total. The van der Waals surface area contributed by atoms with Gasteiger partial charge in [0.25, 0.3) is 0 Å². The predicted molar refractivity (Wildman–Crippen MR) is 67.6 cm³/mol.